The molecule has 0 aliphatic carbocycles. The van der Waals surface area contributed by atoms with Crippen LogP contribution in [0.25, 0.3) is 10.2 Å². The number of fused-ring (bicyclic) bond motifs is 1. The Morgan fingerprint density at radius 3 is 2.71 bits per heavy atom. The van der Waals surface area contributed by atoms with E-state index < -0.39 is 0 Å². The Labute approximate surface area is 127 Å². The maximum Gasteiger partial charge on any atom is 0.169 e. The summed E-state index contributed by atoms with van der Waals surface area (Å²) in [5, 5.41) is 0. The van der Waals surface area contributed by atoms with Gasteiger partial charge in [-0.2, -0.15) is 0 Å². The van der Waals surface area contributed by atoms with E-state index in [2.05, 4.69) is 11.9 Å². The SMILES string of the molecule is CCc1ccc(Oc2ccc3scnc3c2N)c(OC)c1. The number of nitrogens with two attached hydrogens (primary N) is 1. The Hall–Kier alpha value is -2.27. The van der Waals surface area contributed by atoms with Crippen LogP contribution in [-0.4, -0.2) is 12.1 Å². The lowest BCUT2D eigenvalue weighted by molar-refractivity contribution is 0.379. The van der Waals surface area contributed by atoms with Gasteiger partial charge in [0.1, 0.15) is 11.2 Å². The van der Waals surface area contributed by atoms with Gasteiger partial charge >= 0.3 is 0 Å². The van der Waals surface area contributed by atoms with Crippen LogP contribution in [-0.2, 0) is 6.42 Å². The average molecular weight is 300 g/mol. The van der Waals surface area contributed by atoms with Crippen molar-refractivity contribution in [2.45, 2.75) is 13.3 Å². The lowest BCUT2D eigenvalue weighted by Crippen LogP contribution is -1.96. The van der Waals surface area contributed by atoms with Gasteiger partial charge in [-0.3, -0.25) is 0 Å². The Morgan fingerprint density at radius 2 is 1.95 bits per heavy atom. The van der Waals surface area contributed by atoms with E-state index in [-0.39, 0.29) is 0 Å². The molecule has 21 heavy (non-hydrogen) atoms. The van der Waals surface area contributed by atoms with E-state index in [1.165, 1.54) is 5.56 Å². The number of methoxy groups -OCH3 is 1. The summed E-state index contributed by atoms with van der Waals surface area (Å²) in [4.78, 5) is 4.27. The summed E-state index contributed by atoms with van der Waals surface area (Å²) in [5.74, 6) is 1.94. The highest BCUT2D eigenvalue weighted by atomic mass is 32.1. The molecule has 1 aromatic heterocycles. The third-order valence-electron chi connectivity index (χ3n) is 3.36. The van der Waals surface area contributed by atoms with Crippen LogP contribution in [0.4, 0.5) is 5.69 Å². The maximum atomic E-state index is 6.14. The quantitative estimate of drug-likeness (QED) is 0.732. The van der Waals surface area contributed by atoms with E-state index >= 15 is 0 Å². The summed E-state index contributed by atoms with van der Waals surface area (Å²) in [7, 11) is 1.63. The Balaban J connectivity index is 2.00. The monoisotopic (exact) mass is 300 g/mol. The van der Waals surface area contributed by atoms with Crippen LogP contribution in [0.5, 0.6) is 17.2 Å². The first-order valence-corrected chi connectivity index (χ1v) is 7.57. The second-order valence-electron chi connectivity index (χ2n) is 4.62. The summed E-state index contributed by atoms with van der Waals surface area (Å²) >= 11 is 1.56. The molecule has 0 atom stereocenters. The second-order valence-corrected chi connectivity index (χ2v) is 5.50. The van der Waals surface area contributed by atoms with Crippen LogP contribution >= 0.6 is 11.3 Å². The highest BCUT2D eigenvalue weighted by molar-refractivity contribution is 7.16. The molecule has 3 aromatic rings. The van der Waals surface area contributed by atoms with Crippen molar-refractivity contribution in [1.82, 2.24) is 4.98 Å². The highest BCUT2D eigenvalue weighted by Crippen LogP contribution is 2.38. The van der Waals surface area contributed by atoms with Gasteiger partial charge < -0.3 is 15.2 Å². The third-order valence-corrected chi connectivity index (χ3v) is 4.15. The number of nitrogen functional groups attached to an aromatic ring is 1. The van der Waals surface area contributed by atoms with Gasteiger partial charge in [-0.25, -0.2) is 4.98 Å². The van der Waals surface area contributed by atoms with Gasteiger partial charge in [0.25, 0.3) is 0 Å². The van der Waals surface area contributed by atoms with Crippen LogP contribution in [0, 0.1) is 0 Å². The first-order valence-electron chi connectivity index (χ1n) is 6.69. The van der Waals surface area contributed by atoms with Crippen molar-refractivity contribution in [2.75, 3.05) is 12.8 Å². The minimum Gasteiger partial charge on any atom is -0.493 e. The summed E-state index contributed by atoms with van der Waals surface area (Å²) < 4.78 is 12.4. The van der Waals surface area contributed by atoms with Gasteiger partial charge in [0, 0.05) is 0 Å². The summed E-state index contributed by atoms with van der Waals surface area (Å²) in [6.45, 7) is 2.10. The van der Waals surface area contributed by atoms with Gasteiger partial charge in [-0.15, -0.1) is 11.3 Å². The number of nitrogens with zero attached hydrogens (tertiary/aromatic N) is 1. The van der Waals surface area contributed by atoms with Crippen molar-refractivity contribution in [1.29, 1.82) is 0 Å². The van der Waals surface area contributed by atoms with Crippen LogP contribution in [0.15, 0.2) is 35.8 Å². The molecule has 4 nitrogen and oxygen atoms in total. The molecule has 1 heterocycles. The lowest BCUT2D eigenvalue weighted by atomic mass is 10.1. The third kappa shape index (κ3) is 2.52. The largest absolute Gasteiger partial charge is 0.493 e. The van der Waals surface area contributed by atoms with E-state index in [0.717, 1.165) is 16.6 Å². The zero-order chi connectivity index (χ0) is 14.8. The van der Waals surface area contributed by atoms with Crippen molar-refractivity contribution in [3.8, 4) is 17.2 Å². The van der Waals surface area contributed by atoms with E-state index in [1.54, 1.807) is 24.0 Å². The van der Waals surface area contributed by atoms with Gasteiger partial charge in [0.15, 0.2) is 17.2 Å². The van der Waals surface area contributed by atoms with Crippen molar-refractivity contribution in [2.24, 2.45) is 0 Å². The van der Waals surface area contributed by atoms with Gasteiger partial charge in [-0.05, 0) is 36.2 Å². The first-order chi connectivity index (χ1) is 10.2. The molecule has 0 bridgehead atoms. The first kappa shape index (κ1) is 13.7. The fourth-order valence-corrected chi connectivity index (χ4v) is 2.85. The van der Waals surface area contributed by atoms with Crippen LogP contribution in [0.3, 0.4) is 0 Å². The molecule has 108 valence electrons. The topological polar surface area (TPSA) is 57.4 Å². The second kappa shape index (κ2) is 5.61. The van der Waals surface area contributed by atoms with Crippen LogP contribution < -0.4 is 15.2 Å². The number of aromatic nitrogens is 1. The fourth-order valence-electron chi connectivity index (χ4n) is 2.16. The van der Waals surface area contributed by atoms with Crippen molar-refractivity contribution in [3.63, 3.8) is 0 Å². The average Bonchev–Trinajstić information content (AvgIpc) is 2.99. The van der Waals surface area contributed by atoms with E-state index in [0.29, 0.717) is 22.9 Å². The molecule has 0 aliphatic rings. The number of ether oxygens (including phenoxy) is 2. The number of thiazole rings is 1. The minimum atomic E-state index is 0.551. The molecule has 0 amide bonds. The molecule has 3 rings (SSSR count). The summed E-state index contributed by atoms with van der Waals surface area (Å²) in [6, 6.07) is 9.74. The van der Waals surface area contributed by atoms with Crippen LogP contribution in [0.1, 0.15) is 12.5 Å². The maximum absolute atomic E-state index is 6.14. The molecule has 0 fully saturated rings. The van der Waals surface area contributed by atoms with E-state index in [4.69, 9.17) is 15.2 Å². The Kier molecular flexibility index (Phi) is 3.66. The Bertz CT molecular complexity index is 783. The number of benzene rings is 2. The van der Waals surface area contributed by atoms with Crippen molar-refractivity contribution < 1.29 is 9.47 Å². The predicted molar refractivity (Wildman–Crippen MR) is 86.5 cm³/mol. The molecule has 0 spiro atoms. The molecule has 0 aliphatic heterocycles. The molecule has 2 N–H and O–H groups in total. The zero-order valence-electron chi connectivity index (χ0n) is 11.9. The number of aryl methyl sites for hydroxylation is 1. The standard InChI is InChI=1S/C16H16N2O2S/c1-3-10-4-5-11(13(8-10)19-2)20-12-6-7-14-16(15(12)17)18-9-21-14/h4-9H,3,17H2,1-2H3. The Morgan fingerprint density at radius 1 is 1.14 bits per heavy atom. The number of hydrogen-bond acceptors (Lipinski definition) is 5. The number of anilines is 1. The molecule has 0 radical (unpaired) electrons. The highest BCUT2D eigenvalue weighted by Gasteiger charge is 2.12. The lowest BCUT2D eigenvalue weighted by Gasteiger charge is -2.13. The van der Waals surface area contributed by atoms with Gasteiger partial charge in [0.05, 0.1) is 17.3 Å². The molecular weight excluding hydrogens is 284 g/mol. The molecule has 2 aromatic carbocycles. The van der Waals surface area contributed by atoms with Crippen LogP contribution in [0.2, 0.25) is 0 Å². The summed E-state index contributed by atoms with van der Waals surface area (Å²) in [6.07, 6.45) is 0.948. The number of hydrogen-bond donors (Lipinski definition) is 1. The van der Waals surface area contributed by atoms with E-state index in [9.17, 15) is 0 Å². The predicted octanol–water partition coefficient (Wildman–Crippen LogP) is 4.24. The molecule has 5 heteroatoms. The minimum absolute atomic E-state index is 0.551. The zero-order valence-corrected chi connectivity index (χ0v) is 12.7. The fraction of sp³-hybridized carbons (Fsp3) is 0.188. The van der Waals surface area contributed by atoms with Gasteiger partial charge in [-0.1, -0.05) is 13.0 Å². The summed E-state index contributed by atoms with van der Waals surface area (Å²) in [5.41, 5.74) is 10.4. The smallest absolute Gasteiger partial charge is 0.169 e. The van der Waals surface area contributed by atoms with E-state index in [1.807, 2.05) is 30.3 Å². The molecular formula is C16H16N2O2S. The number of rotatable bonds is 4. The normalized spacial score (nSPS) is 10.8. The molecule has 0 saturated carbocycles. The molecule has 0 unspecified atom stereocenters. The van der Waals surface area contributed by atoms with Gasteiger partial charge in [0.2, 0.25) is 0 Å². The molecule has 0 saturated heterocycles. The van der Waals surface area contributed by atoms with Crippen molar-refractivity contribution in [3.05, 3.63) is 41.4 Å². The van der Waals surface area contributed by atoms with Crippen molar-refractivity contribution >= 4 is 27.2 Å².